The van der Waals surface area contributed by atoms with Crippen LogP contribution in [0, 0.1) is 13.8 Å². The maximum absolute atomic E-state index is 12.3. The first kappa shape index (κ1) is 16.7. The van der Waals surface area contributed by atoms with Crippen LogP contribution >= 0.6 is 0 Å². The van der Waals surface area contributed by atoms with Crippen molar-refractivity contribution >= 4 is 17.6 Å². The summed E-state index contributed by atoms with van der Waals surface area (Å²) < 4.78 is 7.07. The van der Waals surface area contributed by atoms with Gasteiger partial charge in [-0.1, -0.05) is 0 Å². The lowest BCUT2D eigenvalue weighted by Gasteiger charge is -2.13. The Labute approximate surface area is 134 Å². The van der Waals surface area contributed by atoms with Gasteiger partial charge in [-0.05, 0) is 33.8 Å². The van der Waals surface area contributed by atoms with E-state index in [2.05, 4.69) is 14.5 Å². The first-order valence-corrected chi connectivity index (χ1v) is 7.28. The fraction of sp³-hybridized carbons (Fsp3) is 0.375. The summed E-state index contributed by atoms with van der Waals surface area (Å²) >= 11 is 0. The van der Waals surface area contributed by atoms with Gasteiger partial charge in [0.05, 0.1) is 0 Å². The van der Waals surface area contributed by atoms with Crippen LogP contribution < -0.4 is 5.73 Å². The molecular weight excluding hydrogens is 296 g/mol. The van der Waals surface area contributed by atoms with E-state index in [0.717, 1.165) is 11.4 Å². The van der Waals surface area contributed by atoms with E-state index in [-0.39, 0.29) is 29.9 Å². The van der Waals surface area contributed by atoms with Crippen molar-refractivity contribution in [1.82, 2.24) is 14.5 Å². The van der Waals surface area contributed by atoms with E-state index in [0.29, 0.717) is 5.56 Å². The maximum Gasteiger partial charge on any atom is 0.361 e. The van der Waals surface area contributed by atoms with E-state index in [4.69, 9.17) is 10.5 Å². The summed E-state index contributed by atoms with van der Waals surface area (Å²) in [6, 6.07) is 2.06. The van der Waals surface area contributed by atoms with Crippen LogP contribution in [0.1, 0.15) is 52.1 Å². The highest BCUT2D eigenvalue weighted by Crippen LogP contribution is 2.20. The molecule has 0 saturated carbocycles. The van der Waals surface area contributed by atoms with E-state index in [1.165, 1.54) is 12.4 Å². The molecule has 0 aliphatic rings. The molecule has 0 unspecified atom stereocenters. The monoisotopic (exact) mass is 316 g/mol. The van der Waals surface area contributed by atoms with Crippen LogP contribution in [0.15, 0.2) is 18.5 Å². The zero-order valence-electron chi connectivity index (χ0n) is 13.7. The highest BCUT2D eigenvalue weighted by Gasteiger charge is 2.20. The Morgan fingerprint density at radius 2 is 1.91 bits per heavy atom. The molecule has 2 aromatic heterocycles. The van der Waals surface area contributed by atoms with Crippen molar-refractivity contribution in [2.45, 2.75) is 33.7 Å². The molecule has 0 aliphatic heterocycles. The van der Waals surface area contributed by atoms with Gasteiger partial charge in [-0.15, -0.1) is 0 Å². The number of ether oxygens (including phenoxy) is 1. The summed E-state index contributed by atoms with van der Waals surface area (Å²) in [6.45, 7) is 7.55. The molecule has 0 radical (unpaired) electrons. The first-order valence-electron chi connectivity index (χ1n) is 7.28. The van der Waals surface area contributed by atoms with E-state index in [1.807, 2.05) is 33.8 Å². The summed E-state index contributed by atoms with van der Waals surface area (Å²) in [5, 5.41) is 0. The lowest BCUT2D eigenvalue weighted by atomic mass is 10.1. The topological polar surface area (TPSA) is 100 Å². The molecule has 2 heterocycles. The van der Waals surface area contributed by atoms with Crippen LogP contribution in [0.25, 0.3) is 0 Å². The Morgan fingerprint density at radius 1 is 1.26 bits per heavy atom. The summed E-state index contributed by atoms with van der Waals surface area (Å²) in [7, 11) is 0. The number of nitrogens with two attached hydrogens (primary N) is 1. The normalized spacial score (nSPS) is 10.8. The van der Waals surface area contributed by atoms with Gasteiger partial charge in [0, 0.05) is 35.4 Å². The molecule has 7 nitrogen and oxygen atoms in total. The lowest BCUT2D eigenvalue weighted by Crippen LogP contribution is -2.17. The summed E-state index contributed by atoms with van der Waals surface area (Å²) in [4.78, 5) is 31.8. The van der Waals surface area contributed by atoms with E-state index < -0.39 is 5.97 Å². The van der Waals surface area contributed by atoms with Gasteiger partial charge in [-0.2, -0.15) is 0 Å². The zero-order valence-corrected chi connectivity index (χ0v) is 13.7. The number of anilines is 1. The minimum absolute atomic E-state index is 0.0251. The third-order valence-electron chi connectivity index (χ3n) is 3.56. The Hall–Kier alpha value is -2.70. The van der Waals surface area contributed by atoms with E-state index in [1.54, 1.807) is 0 Å². The van der Waals surface area contributed by atoms with Crippen LogP contribution in [-0.2, 0) is 4.74 Å². The van der Waals surface area contributed by atoms with Crippen molar-refractivity contribution in [2.75, 3.05) is 12.3 Å². The molecule has 2 aromatic rings. The number of hydrogen-bond acceptors (Lipinski definition) is 6. The quantitative estimate of drug-likeness (QED) is 0.669. The molecule has 0 atom stereocenters. The number of ketones is 1. The molecule has 2 N–H and O–H groups in total. The Morgan fingerprint density at radius 3 is 2.48 bits per heavy atom. The second-order valence-corrected chi connectivity index (χ2v) is 5.54. The smallest absolute Gasteiger partial charge is 0.361 e. The molecule has 0 saturated heterocycles. The van der Waals surface area contributed by atoms with Crippen molar-refractivity contribution in [1.29, 1.82) is 0 Å². The van der Waals surface area contributed by atoms with Gasteiger partial charge >= 0.3 is 5.97 Å². The summed E-state index contributed by atoms with van der Waals surface area (Å²) in [5.74, 6) is -1.05. The van der Waals surface area contributed by atoms with Gasteiger partial charge in [0.25, 0.3) is 0 Å². The number of Topliss-reactive ketones (excluding diaryl/α,β-unsaturated/α-hetero) is 1. The Kier molecular flexibility index (Phi) is 4.78. The largest absolute Gasteiger partial charge is 0.452 e. The second kappa shape index (κ2) is 6.60. The molecule has 0 fully saturated rings. The van der Waals surface area contributed by atoms with Crippen LogP contribution in [0.3, 0.4) is 0 Å². The number of aromatic nitrogens is 3. The maximum atomic E-state index is 12.3. The number of carbonyl (C=O) groups is 2. The molecule has 23 heavy (non-hydrogen) atoms. The third-order valence-corrected chi connectivity index (χ3v) is 3.56. The predicted molar refractivity (Wildman–Crippen MR) is 85.3 cm³/mol. The molecule has 122 valence electrons. The molecule has 0 bridgehead atoms. The van der Waals surface area contributed by atoms with Crippen molar-refractivity contribution in [3.05, 3.63) is 41.1 Å². The Bertz CT molecular complexity index is 750. The van der Waals surface area contributed by atoms with Gasteiger partial charge in [-0.25, -0.2) is 14.8 Å². The third kappa shape index (κ3) is 3.39. The van der Waals surface area contributed by atoms with Crippen molar-refractivity contribution < 1.29 is 14.3 Å². The van der Waals surface area contributed by atoms with Crippen LogP contribution in [0.4, 0.5) is 5.82 Å². The fourth-order valence-electron chi connectivity index (χ4n) is 2.64. The van der Waals surface area contributed by atoms with Crippen molar-refractivity contribution in [3.8, 4) is 0 Å². The first-order chi connectivity index (χ1) is 10.8. The van der Waals surface area contributed by atoms with E-state index in [9.17, 15) is 9.59 Å². The average molecular weight is 316 g/mol. The number of aryl methyl sites for hydroxylation is 1. The number of nitrogens with zero attached hydrogens (tertiary/aromatic N) is 3. The minimum atomic E-state index is -0.762. The standard InChI is InChI=1S/C16H20N4O3/c1-9(2)20-10(3)7-12(11(20)4)13(21)8-23-16(22)14-15(17)19-6-5-18-14/h5-7,9H,8H2,1-4H3,(H2,17,19). The number of rotatable bonds is 5. The highest BCUT2D eigenvalue weighted by molar-refractivity contribution is 6.00. The van der Waals surface area contributed by atoms with Crippen molar-refractivity contribution in [3.63, 3.8) is 0 Å². The average Bonchev–Trinajstić information content (AvgIpc) is 2.80. The van der Waals surface area contributed by atoms with Gasteiger partial charge in [0.15, 0.2) is 18.1 Å². The SMILES string of the molecule is Cc1cc(C(=O)COC(=O)c2nccnc2N)c(C)n1C(C)C. The number of carbonyl (C=O) groups excluding carboxylic acids is 2. The highest BCUT2D eigenvalue weighted by atomic mass is 16.5. The van der Waals surface area contributed by atoms with Crippen molar-refractivity contribution in [2.24, 2.45) is 0 Å². The van der Waals surface area contributed by atoms with E-state index >= 15 is 0 Å². The minimum Gasteiger partial charge on any atom is -0.452 e. The van der Waals surface area contributed by atoms with Gasteiger partial charge < -0.3 is 15.0 Å². The second-order valence-electron chi connectivity index (χ2n) is 5.54. The number of hydrogen-bond donors (Lipinski definition) is 1. The summed E-state index contributed by atoms with van der Waals surface area (Å²) in [5.41, 5.74) is 7.87. The fourth-order valence-corrected chi connectivity index (χ4v) is 2.64. The van der Waals surface area contributed by atoms with Gasteiger partial charge in [0.1, 0.15) is 0 Å². The summed E-state index contributed by atoms with van der Waals surface area (Å²) in [6.07, 6.45) is 2.71. The zero-order chi connectivity index (χ0) is 17.1. The van der Waals surface area contributed by atoms with Crippen LogP contribution in [0.2, 0.25) is 0 Å². The molecule has 0 amide bonds. The lowest BCUT2D eigenvalue weighted by molar-refractivity contribution is 0.0469. The number of esters is 1. The molecule has 0 spiro atoms. The molecule has 0 aliphatic carbocycles. The van der Waals surface area contributed by atoms with Crippen LogP contribution in [-0.4, -0.2) is 32.9 Å². The predicted octanol–water partition coefficient (Wildman–Crippen LogP) is 2.10. The Balaban J connectivity index is 2.10. The van der Waals surface area contributed by atoms with Gasteiger partial charge in [-0.3, -0.25) is 4.79 Å². The van der Waals surface area contributed by atoms with Gasteiger partial charge in [0.2, 0.25) is 5.78 Å². The van der Waals surface area contributed by atoms with Crippen LogP contribution in [0.5, 0.6) is 0 Å². The number of nitrogen functional groups attached to an aromatic ring is 1. The molecule has 0 aromatic carbocycles. The molecular formula is C16H20N4O3. The molecule has 2 rings (SSSR count). The molecule has 7 heteroatoms.